The number of hydrogen-bond acceptors (Lipinski definition) is 9. The maximum atomic E-state index is 13.6. The second-order valence-corrected chi connectivity index (χ2v) is 12.2. The number of phenolic OH excluding ortho intramolecular Hbond substituents is 1. The summed E-state index contributed by atoms with van der Waals surface area (Å²) >= 11 is 2.69. The molecule has 43 heavy (non-hydrogen) atoms. The second-order valence-electron chi connectivity index (χ2n) is 10.0. The van der Waals surface area contributed by atoms with Crippen LogP contribution in [0.15, 0.2) is 101 Å². The molecular weight excluding hydrogens is 583 g/mol. The molecule has 1 fully saturated rings. The predicted molar refractivity (Wildman–Crippen MR) is 166 cm³/mol. The number of benzene rings is 3. The summed E-state index contributed by atoms with van der Waals surface area (Å²) in [6.07, 6.45) is 1.74. The highest BCUT2D eigenvalue weighted by atomic mass is 32.2. The van der Waals surface area contributed by atoms with Crippen LogP contribution in [-0.2, 0) is 15.3 Å². The minimum absolute atomic E-state index is 0.0290. The van der Waals surface area contributed by atoms with E-state index in [4.69, 9.17) is 0 Å². The molecule has 1 aliphatic rings. The number of carbonyl (C=O) groups is 2. The molecule has 3 aromatic carbocycles. The first-order valence-corrected chi connectivity index (χ1v) is 15.2. The number of thioether (sulfide) groups is 1. The molecule has 1 saturated heterocycles. The molecule has 1 atom stereocenters. The largest absolute Gasteiger partial charge is 0.508 e. The van der Waals surface area contributed by atoms with E-state index in [1.54, 1.807) is 41.8 Å². The molecule has 1 aliphatic heterocycles. The molecule has 6 aromatic rings. The van der Waals surface area contributed by atoms with E-state index in [0.717, 1.165) is 16.3 Å². The zero-order chi connectivity index (χ0) is 29.7. The zero-order valence-corrected chi connectivity index (χ0v) is 24.3. The number of aryl methyl sites for hydroxylation is 1. The highest BCUT2D eigenvalue weighted by molar-refractivity contribution is 8.00. The normalized spacial score (nSPS) is 16.5. The smallest absolute Gasteiger partial charge is 0.301 e. The van der Waals surface area contributed by atoms with Crippen LogP contribution < -0.4 is 4.90 Å². The summed E-state index contributed by atoms with van der Waals surface area (Å²) in [5.41, 5.74) is 2.99. The predicted octanol–water partition coefficient (Wildman–Crippen LogP) is 6.27. The second kappa shape index (κ2) is 10.7. The number of amides is 1. The Morgan fingerprint density at radius 1 is 0.953 bits per heavy atom. The third-order valence-electron chi connectivity index (χ3n) is 7.41. The van der Waals surface area contributed by atoms with Crippen molar-refractivity contribution in [2.75, 3.05) is 4.90 Å². The number of carbonyl (C=O) groups excluding carboxylic acids is 2. The third kappa shape index (κ3) is 4.62. The number of aromatic hydroxyl groups is 1. The van der Waals surface area contributed by atoms with Crippen LogP contribution in [-0.4, -0.2) is 41.5 Å². The van der Waals surface area contributed by atoms with Crippen molar-refractivity contribution in [1.82, 2.24) is 19.6 Å². The van der Waals surface area contributed by atoms with Crippen molar-refractivity contribution in [2.24, 2.45) is 0 Å². The van der Waals surface area contributed by atoms with Crippen LogP contribution in [0.1, 0.15) is 28.6 Å². The van der Waals surface area contributed by atoms with Gasteiger partial charge in [0.2, 0.25) is 5.13 Å². The average Bonchev–Trinajstić information content (AvgIpc) is 3.69. The van der Waals surface area contributed by atoms with Crippen LogP contribution in [0.25, 0.3) is 22.2 Å². The number of aliphatic hydroxyl groups excluding tert-OH is 1. The first kappa shape index (κ1) is 26.9. The molecule has 212 valence electrons. The number of hydrogen-bond donors (Lipinski definition) is 2. The Balaban J connectivity index is 1.29. The Bertz CT molecular complexity index is 2080. The first-order valence-electron chi connectivity index (χ1n) is 13.4. The highest BCUT2D eigenvalue weighted by Crippen LogP contribution is 2.44. The van der Waals surface area contributed by atoms with Crippen molar-refractivity contribution in [3.8, 4) is 5.75 Å². The van der Waals surface area contributed by atoms with Crippen molar-refractivity contribution in [3.05, 3.63) is 119 Å². The number of aromatic nitrogens is 4. The molecule has 2 N–H and O–H groups in total. The molecule has 1 amide bonds. The van der Waals surface area contributed by atoms with Crippen molar-refractivity contribution in [1.29, 1.82) is 0 Å². The van der Waals surface area contributed by atoms with Crippen LogP contribution in [0, 0.1) is 6.92 Å². The molecule has 4 heterocycles. The Hall–Kier alpha value is -5.00. The Morgan fingerprint density at radius 2 is 1.72 bits per heavy atom. The van der Waals surface area contributed by atoms with E-state index in [0.29, 0.717) is 32.7 Å². The van der Waals surface area contributed by atoms with Crippen LogP contribution in [0.3, 0.4) is 0 Å². The van der Waals surface area contributed by atoms with Crippen molar-refractivity contribution in [2.45, 2.75) is 23.1 Å². The van der Waals surface area contributed by atoms with Gasteiger partial charge in [-0.3, -0.25) is 18.9 Å². The maximum absolute atomic E-state index is 13.6. The first-order chi connectivity index (χ1) is 20.9. The van der Waals surface area contributed by atoms with Gasteiger partial charge >= 0.3 is 5.91 Å². The molecule has 1 unspecified atom stereocenters. The number of Topliss-reactive ketones (excluding diaryl/α,β-unsaturated/α-hetero) is 1. The van der Waals surface area contributed by atoms with Gasteiger partial charge in [0.05, 0.1) is 17.3 Å². The summed E-state index contributed by atoms with van der Waals surface area (Å²) < 4.78 is 2.31. The molecule has 0 saturated carbocycles. The molecule has 3 aromatic heterocycles. The molecule has 0 radical (unpaired) electrons. The van der Waals surface area contributed by atoms with E-state index in [1.807, 2.05) is 24.3 Å². The van der Waals surface area contributed by atoms with Gasteiger partial charge in [-0.15, -0.1) is 10.2 Å². The molecule has 0 spiro atoms. The van der Waals surface area contributed by atoms with Gasteiger partial charge in [-0.05, 0) is 53.1 Å². The van der Waals surface area contributed by atoms with Crippen LogP contribution in [0.5, 0.6) is 5.75 Å². The summed E-state index contributed by atoms with van der Waals surface area (Å²) in [6.45, 7) is 1.73. The zero-order valence-electron chi connectivity index (χ0n) is 22.7. The number of pyridine rings is 1. The Morgan fingerprint density at radius 3 is 2.56 bits per heavy atom. The monoisotopic (exact) mass is 605 g/mol. The average molecular weight is 606 g/mol. The number of nitrogens with zero attached hydrogens (tertiary/aromatic N) is 5. The van der Waals surface area contributed by atoms with Crippen molar-refractivity contribution < 1.29 is 19.8 Å². The number of imidazole rings is 1. The molecule has 0 bridgehead atoms. The third-order valence-corrected chi connectivity index (χ3v) is 9.52. The van der Waals surface area contributed by atoms with Crippen LogP contribution >= 0.6 is 23.1 Å². The minimum atomic E-state index is -1.00. The lowest BCUT2D eigenvalue weighted by Crippen LogP contribution is -2.29. The SMILES string of the molecule is Cc1nc2ccccn2c1/C(O)=C1\C(=O)C(=O)N(c2nnc(SCc3cccc4ccccc34)s2)C1c1ccc(O)cc1. The number of anilines is 1. The minimum Gasteiger partial charge on any atom is -0.508 e. The topological polar surface area (TPSA) is 121 Å². The van der Waals surface area contributed by atoms with Crippen molar-refractivity contribution >= 4 is 62.1 Å². The van der Waals surface area contributed by atoms with E-state index in [2.05, 4.69) is 39.4 Å². The van der Waals surface area contributed by atoms with Gasteiger partial charge in [0.1, 0.15) is 17.1 Å². The number of ketones is 1. The number of phenols is 1. The Kier molecular flexibility index (Phi) is 6.68. The summed E-state index contributed by atoms with van der Waals surface area (Å²) in [7, 11) is 0. The fraction of sp³-hybridized carbons (Fsp3) is 0.0938. The van der Waals surface area contributed by atoms with Crippen LogP contribution in [0.2, 0.25) is 0 Å². The number of aliphatic hydroxyl groups is 1. The van der Waals surface area contributed by atoms with E-state index in [-0.39, 0.29) is 22.2 Å². The van der Waals surface area contributed by atoms with E-state index in [9.17, 15) is 19.8 Å². The number of rotatable bonds is 6. The molecule has 0 aliphatic carbocycles. The van der Waals surface area contributed by atoms with Gasteiger partial charge in [0.25, 0.3) is 5.78 Å². The lowest BCUT2D eigenvalue weighted by molar-refractivity contribution is -0.132. The molecule has 11 heteroatoms. The quantitative estimate of drug-likeness (QED) is 0.0749. The standard InChI is InChI=1S/C32H23N5O4S2/c1-18-26(36-16-5-4-11-24(36)33-18)28(39)25-27(20-12-14-22(38)15-13-20)37(30(41)29(25)40)31-34-35-32(43-31)42-17-21-9-6-8-19-7-2-3-10-23(19)21/h2-16,27,38-39H,17H2,1H3/b28-25+. The summed E-state index contributed by atoms with van der Waals surface area (Å²) in [5, 5.41) is 32.8. The van der Waals surface area contributed by atoms with E-state index >= 15 is 0 Å². The fourth-order valence-electron chi connectivity index (χ4n) is 5.44. The molecule has 9 nitrogen and oxygen atoms in total. The van der Waals surface area contributed by atoms with E-state index in [1.165, 1.54) is 40.1 Å². The fourth-order valence-corrected chi connectivity index (χ4v) is 7.32. The summed E-state index contributed by atoms with van der Waals surface area (Å²) in [6, 6.07) is 24.9. The van der Waals surface area contributed by atoms with Crippen molar-refractivity contribution in [3.63, 3.8) is 0 Å². The highest BCUT2D eigenvalue weighted by Gasteiger charge is 2.48. The molecule has 7 rings (SSSR count). The van der Waals surface area contributed by atoms with Gasteiger partial charge in [0.15, 0.2) is 10.1 Å². The van der Waals surface area contributed by atoms with E-state index < -0.39 is 17.7 Å². The van der Waals surface area contributed by atoms with Gasteiger partial charge in [-0.2, -0.15) is 0 Å². The Labute approximate surface area is 253 Å². The lowest BCUT2D eigenvalue weighted by atomic mass is 9.96. The number of fused-ring (bicyclic) bond motifs is 2. The lowest BCUT2D eigenvalue weighted by Gasteiger charge is -2.22. The van der Waals surface area contributed by atoms with Crippen LogP contribution in [0.4, 0.5) is 5.13 Å². The maximum Gasteiger partial charge on any atom is 0.301 e. The summed E-state index contributed by atoms with van der Waals surface area (Å²) in [4.78, 5) is 33.0. The summed E-state index contributed by atoms with van der Waals surface area (Å²) in [5.74, 6) is -1.34. The van der Waals surface area contributed by atoms with Gasteiger partial charge in [0, 0.05) is 11.9 Å². The molecular formula is C32H23N5O4S2. The van der Waals surface area contributed by atoms with Gasteiger partial charge < -0.3 is 10.2 Å². The van der Waals surface area contributed by atoms with Gasteiger partial charge in [-0.1, -0.05) is 83.8 Å². The van der Waals surface area contributed by atoms with Gasteiger partial charge in [-0.25, -0.2) is 4.98 Å².